The minimum absolute atomic E-state index is 0.548. The van der Waals surface area contributed by atoms with Crippen LogP contribution in [0.4, 0.5) is 22.7 Å². The van der Waals surface area contributed by atoms with Gasteiger partial charge in [-0.25, -0.2) is 0 Å². The van der Waals surface area contributed by atoms with Gasteiger partial charge in [-0.05, 0) is 90.2 Å². The van der Waals surface area contributed by atoms with E-state index in [0.717, 1.165) is 39.3 Å². The van der Waals surface area contributed by atoms with Gasteiger partial charge in [0.15, 0.2) is 11.5 Å². The first-order valence-electron chi connectivity index (χ1n) is 10.8. The number of benzene rings is 4. The number of hydrogen-bond acceptors (Lipinski definition) is 6. The van der Waals surface area contributed by atoms with Gasteiger partial charge >= 0.3 is 0 Å². The minimum atomic E-state index is 0.548. The highest BCUT2D eigenvalue weighted by molar-refractivity contribution is 5.79. The summed E-state index contributed by atoms with van der Waals surface area (Å²) in [5, 5.41) is 0. The third-order valence-corrected chi connectivity index (χ3v) is 5.65. The predicted octanol–water partition coefficient (Wildman–Crippen LogP) is 5.67. The Labute approximate surface area is 201 Å². The van der Waals surface area contributed by atoms with Crippen LogP contribution in [0.1, 0.15) is 11.1 Å². The predicted molar refractivity (Wildman–Crippen MR) is 144 cm³/mol. The summed E-state index contributed by atoms with van der Waals surface area (Å²) >= 11 is 0. The van der Waals surface area contributed by atoms with Crippen LogP contribution < -0.4 is 32.4 Å². The Kier molecular flexibility index (Phi) is 7.53. The molecule has 0 unspecified atom stereocenters. The number of nitrogen functional groups attached to an aromatic ring is 4. The summed E-state index contributed by atoms with van der Waals surface area (Å²) < 4.78 is 10.7. The molecule has 0 saturated heterocycles. The van der Waals surface area contributed by atoms with E-state index in [1.807, 2.05) is 68.4 Å². The lowest BCUT2D eigenvalue weighted by Crippen LogP contribution is -1.98. The monoisotopic (exact) mass is 456 g/mol. The van der Waals surface area contributed by atoms with Crippen LogP contribution in [0.25, 0.3) is 22.3 Å². The lowest BCUT2D eigenvalue weighted by Gasteiger charge is -2.14. The first-order valence-corrected chi connectivity index (χ1v) is 10.8. The number of rotatable bonds is 4. The van der Waals surface area contributed by atoms with E-state index in [2.05, 4.69) is 12.1 Å². The maximum Gasteiger partial charge on any atom is 0.184 e. The van der Waals surface area contributed by atoms with Crippen molar-refractivity contribution in [1.82, 2.24) is 0 Å². The standard InChI is InChI=1S/C14H16N2O2.C14H16N2/c1-17-13-11(7-8-12(16)14(13)18-2)9-3-5-10(15)6-4-9;1-9-7-11(3-5-13(9)15)12-4-6-14(16)10(2)8-12/h3-8H,15-16H2,1-2H3;3-8H,15-16H2,1-2H3. The Balaban J connectivity index is 0.000000192. The molecule has 6 nitrogen and oxygen atoms in total. The van der Waals surface area contributed by atoms with Crippen molar-refractivity contribution in [3.63, 3.8) is 0 Å². The van der Waals surface area contributed by atoms with Crippen molar-refractivity contribution in [1.29, 1.82) is 0 Å². The molecule has 6 heteroatoms. The Hall–Kier alpha value is -4.32. The summed E-state index contributed by atoms with van der Waals surface area (Å²) in [5.41, 5.74) is 32.5. The highest BCUT2D eigenvalue weighted by Gasteiger charge is 2.14. The van der Waals surface area contributed by atoms with Crippen molar-refractivity contribution in [3.05, 3.63) is 83.9 Å². The van der Waals surface area contributed by atoms with Gasteiger partial charge in [0.05, 0.1) is 19.9 Å². The average Bonchev–Trinajstić information content (AvgIpc) is 2.83. The largest absolute Gasteiger partial charge is 0.492 e. The first-order chi connectivity index (χ1) is 16.2. The summed E-state index contributed by atoms with van der Waals surface area (Å²) in [6.07, 6.45) is 0. The highest BCUT2D eigenvalue weighted by atomic mass is 16.5. The van der Waals surface area contributed by atoms with Gasteiger partial charge in [0.1, 0.15) is 0 Å². The Bertz CT molecular complexity index is 1240. The van der Waals surface area contributed by atoms with E-state index < -0.39 is 0 Å². The number of anilines is 4. The first kappa shape index (κ1) is 24.3. The van der Waals surface area contributed by atoms with Crippen molar-refractivity contribution in [3.8, 4) is 33.8 Å². The summed E-state index contributed by atoms with van der Waals surface area (Å²) in [4.78, 5) is 0. The lowest BCUT2D eigenvalue weighted by molar-refractivity contribution is 0.358. The van der Waals surface area contributed by atoms with Gasteiger partial charge < -0.3 is 32.4 Å². The molecule has 0 aliphatic rings. The molecule has 4 aromatic carbocycles. The summed E-state index contributed by atoms with van der Waals surface area (Å²) in [6.45, 7) is 4.03. The molecule has 8 N–H and O–H groups in total. The van der Waals surface area contributed by atoms with Gasteiger partial charge in [0, 0.05) is 22.6 Å². The van der Waals surface area contributed by atoms with Crippen LogP contribution in [0, 0.1) is 13.8 Å². The fourth-order valence-electron chi connectivity index (χ4n) is 3.59. The third kappa shape index (κ3) is 5.35. The molecule has 0 amide bonds. The van der Waals surface area contributed by atoms with Gasteiger partial charge in [-0.15, -0.1) is 0 Å². The molecule has 0 radical (unpaired) electrons. The number of methoxy groups -OCH3 is 2. The van der Waals surface area contributed by atoms with Crippen molar-refractivity contribution in [2.75, 3.05) is 37.2 Å². The smallest absolute Gasteiger partial charge is 0.184 e. The van der Waals surface area contributed by atoms with Crippen LogP contribution in [0.15, 0.2) is 72.8 Å². The quantitative estimate of drug-likeness (QED) is 0.293. The Morgan fingerprint density at radius 3 is 1.38 bits per heavy atom. The van der Waals surface area contributed by atoms with Crippen LogP contribution in [-0.4, -0.2) is 14.2 Å². The molecular formula is C28H32N4O2. The van der Waals surface area contributed by atoms with Crippen LogP contribution >= 0.6 is 0 Å². The van der Waals surface area contributed by atoms with E-state index in [1.165, 1.54) is 11.1 Å². The highest BCUT2D eigenvalue weighted by Crippen LogP contribution is 2.41. The van der Waals surface area contributed by atoms with Gasteiger partial charge in [-0.3, -0.25) is 0 Å². The van der Waals surface area contributed by atoms with Gasteiger partial charge in [0.2, 0.25) is 0 Å². The Morgan fingerprint density at radius 2 is 0.941 bits per heavy atom. The van der Waals surface area contributed by atoms with Crippen molar-refractivity contribution >= 4 is 22.7 Å². The van der Waals surface area contributed by atoms with Crippen molar-refractivity contribution in [2.45, 2.75) is 13.8 Å². The molecule has 0 bridgehead atoms. The van der Waals surface area contributed by atoms with Crippen LogP contribution in [0.3, 0.4) is 0 Å². The average molecular weight is 457 g/mol. The number of nitrogens with two attached hydrogens (primary N) is 4. The molecule has 0 spiro atoms. The maximum atomic E-state index is 5.85. The maximum absolute atomic E-state index is 5.85. The second-order valence-corrected chi connectivity index (χ2v) is 8.03. The van der Waals surface area contributed by atoms with Gasteiger partial charge in [-0.2, -0.15) is 0 Å². The fraction of sp³-hybridized carbons (Fsp3) is 0.143. The van der Waals surface area contributed by atoms with Crippen LogP contribution in [0.5, 0.6) is 11.5 Å². The van der Waals surface area contributed by atoms with E-state index in [1.54, 1.807) is 20.3 Å². The molecule has 0 aliphatic heterocycles. The van der Waals surface area contributed by atoms with Crippen molar-refractivity contribution < 1.29 is 9.47 Å². The zero-order valence-electron chi connectivity index (χ0n) is 20.1. The summed E-state index contributed by atoms with van der Waals surface area (Å²) in [6, 6.07) is 23.4. The summed E-state index contributed by atoms with van der Waals surface area (Å²) in [5.74, 6) is 1.18. The Morgan fingerprint density at radius 1 is 0.500 bits per heavy atom. The van der Waals surface area contributed by atoms with Gasteiger partial charge in [0.25, 0.3) is 0 Å². The zero-order chi connectivity index (χ0) is 24.8. The molecule has 0 atom stereocenters. The molecule has 0 saturated carbocycles. The third-order valence-electron chi connectivity index (χ3n) is 5.65. The van der Waals surface area contributed by atoms with E-state index in [-0.39, 0.29) is 0 Å². The fourth-order valence-corrected chi connectivity index (χ4v) is 3.59. The minimum Gasteiger partial charge on any atom is -0.492 e. The number of ether oxygens (including phenoxy) is 2. The molecule has 4 aromatic rings. The molecule has 0 fully saturated rings. The number of aryl methyl sites for hydroxylation is 2. The van der Waals surface area contributed by atoms with Crippen LogP contribution in [0.2, 0.25) is 0 Å². The molecule has 176 valence electrons. The van der Waals surface area contributed by atoms with E-state index >= 15 is 0 Å². The molecule has 0 aliphatic carbocycles. The molecule has 0 aromatic heterocycles. The van der Waals surface area contributed by atoms with E-state index in [9.17, 15) is 0 Å². The SMILES string of the molecule is COc1c(N)ccc(-c2ccc(N)cc2)c1OC.Cc1cc(-c2ccc(N)c(C)c2)ccc1N. The second kappa shape index (κ2) is 10.5. The molecular weight excluding hydrogens is 424 g/mol. The zero-order valence-corrected chi connectivity index (χ0v) is 20.1. The normalized spacial score (nSPS) is 10.2. The topological polar surface area (TPSA) is 123 Å². The second-order valence-electron chi connectivity index (χ2n) is 8.03. The molecule has 4 rings (SSSR count). The number of hydrogen-bond donors (Lipinski definition) is 4. The molecule has 0 heterocycles. The summed E-state index contributed by atoms with van der Waals surface area (Å²) in [7, 11) is 3.17. The van der Waals surface area contributed by atoms with E-state index in [4.69, 9.17) is 32.4 Å². The van der Waals surface area contributed by atoms with Crippen molar-refractivity contribution in [2.24, 2.45) is 0 Å². The van der Waals surface area contributed by atoms with Crippen LogP contribution in [-0.2, 0) is 0 Å². The molecule has 34 heavy (non-hydrogen) atoms. The van der Waals surface area contributed by atoms with E-state index in [0.29, 0.717) is 17.2 Å². The van der Waals surface area contributed by atoms with Gasteiger partial charge in [-0.1, -0.05) is 24.3 Å². The lowest BCUT2D eigenvalue weighted by atomic mass is 10.0.